The zero-order valence-electron chi connectivity index (χ0n) is 9.61. The minimum atomic E-state index is 0.186. The van der Waals surface area contributed by atoms with Crippen LogP contribution in [-0.4, -0.2) is 17.9 Å². The summed E-state index contributed by atoms with van der Waals surface area (Å²) < 4.78 is 5.15. The molecule has 16 heavy (non-hydrogen) atoms. The summed E-state index contributed by atoms with van der Waals surface area (Å²) >= 11 is 0. The third-order valence-corrected chi connectivity index (χ3v) is 3.25. The molecule has 0 atom stereocenters. The van der Waals surface area contributed by atoms with Crippen molar-refractivity contribution in [3.05, 3.63) is 24.0 Å². The van der Waals surface area contributed by atoms with Gasteiger partial charge in [-0.05, 0) is 12.0 Å². The maximum Gasteiger partial charge on any atom is 0.166 e. The Balaban J connectivity index is 2.07. The fourth-order valence-electron chi connectivity index (χ4n) is 2.36. The van der Waals surface area contributed by atoms with Crippen molar-refractivity contribution in [2.75, 3.05) is 7.11 Å². The normalized spacial score (nSPS) is 16.3. The van der Waals surface area contributed by atoms with E-state index < -0.39 is 0 Å². The molecule has 1 heterocycles. The lowest BCUT2D eigenvalue weighted by Crippen LogP contribution is -2.07. The summed E-state index contributed by atoms with van der Waals surface area (Å²) in [7, 11) is 1.57. The monoisotopic (exact) mass is 219 g/mol. The molecule has 86 valence electrons. The van der Waals surface area contributed by atoms with E-state index in [1.54, 1.807) is 25.6 Å². The van der Waals surface area contributed by atoms with E-state index in [9.17, 15) is 4.79 Å². The van der Waals surface area contributed by atoms with Gasteiger partial charge < -0.3 is 4.74 Å². The Morgan fingerprint density at radius 3 is 2.94 bits per heavy atom. The molecular formula is C13H17NO2. The average molecular weight is 219 g/mol. The van der Waals surface area contributed by atoms with Crippen LogP contribution in [0.2, 0.25) is 0 Å². The molecule has 1 aliphatic rings. The van der Waals surface area contributed by atoms with Crippen LogP contribution in [0.25, 0.3) is 0 Å². The van der Waals surface area contributed by atoms with Crippen molar-refractivity contribution in [1.82, 2.24) is 4.98 Å². The highest BCUT2D eigenvalue weighted by atomic mass is 16.5. The first-order chi connectivity index (χ1) is 7.81. The molecule has 1 fully saturated rings. The highest BCUT2D eigenvalue weighted by Crippen LogP contribution is 2.30. The lowest BCUT2D eigenvalue weighted by atomic mass is 9.97. The van der Waals surface area contributed by atoms with Crippen LogP contribution < -0.4 is 4.74 Å². The van der Waals surface area contributed by atoms with E-state index in [0.29, 0.717) is 23.7 Å². The highest BCUT2D eigenvalue weighted by molar-refractivity contribution is 5.98. The zero-order valence-corrected chi connectivity index (χ0v) is 9.61. The fourth-order valence-corrected chi connectivity index (χ4v) is 2.36. The number of Topliss-reactive ketones (excluding diaryl/α,β-unsaturated/α-hetero) is 1. The van der Waals surface area contributed by atoms with Gasteiger partial charge in [-0.15, -0.1) is 0 Å². The topological polar surface area (TPSA) is 39.2 Å². The van der Waals surface area contributed by atoms with Crippen LogP contribution >= 0.6 is 0 Å². The van der Waals surface area contributed by atoms with Crippen LogP contribution in [0.15, 0.2) is 18.5 Å². The van der Waals surface area contributed by atoms with E-state index in [0.717, 1.165) is 0 Å². The van der Waals surface area contributed by atoms with Gasteiger partial charge in [0.25, 0.3) is 0 Å². The molecule has 0 saturated heterocycles. The van der Waals surface area contributed by atoms with Crippen molar-refractivity contribution < 1.29 is 9.53 Å². The molecule has 1 aromatic rings. The van der Waals surface area contributed by atoms with Gasteiger partial charge in [0.05, 0.1) is 18.9 Å². The fraction of sp³-hybridized carbons (Fsp3) is 0.538. The lowest BCUT2D eigenvalue weighted by molar-refractivity contribution is 0.0959. The number of ketones is 1. The second-order valence-electron chi connectivity index (χ2n) is 4.35. The minimum absolute atomic E-state index is 0.186. The first-order valence-electron chi connectivity index (χ1n) is 5.82. The highest BCUT2D eigenvalue weighted by Gasteiger charge is 2.21. The largest absolute Gasteiger partial charge is 0.494 e. The second-order valence-corrected chi connectivity index (χ2v) is 4.35. The number of nitrogens with zero attached hydrogens (tertiary/aromatic N) is 1. The van der Waals surface area contributed by atoms with E-state index >= 15 is 0 Å². The Bertz CT molecular complexity index is 370. The third-order valence-electron chi connectivity index (χ3n) is 3.25. The molecule has 1 aromatic heterocycles. The summed E-state index contributed by atoms with van der Waals surface area (Å²) in [5.74, 6) is 1.35. The molecule has 0 N–H and O–H groups in total. The number of carbonyl (C=O) groups is 1. The summed E-state index contributed by atoms with van der Waals surface area (Å²) in [4.78, 5) is 16.0. The van der Waals surface area contributed by atoms with Crippen LogP contribution in [0.5, 0.6) is 5.75 Å². The van der Waals surface area contributed by atoms with Crippen molar-refractivity contribution in [3.63, 3.8) is 0 Å². The Labute approximate surface area is 95.8 Å². The van der Waals surface area contributed by atoms with Gasteiger partial charge in [0.2, 0.25) is 0 Å². The van der Waals surface area contributed by atoms with Crippen molar-refractivity contribution >= 4 is 5.78 Å². The summed E-state index contributed by atoms with van der Waals surface area (Å²) in [5.41, 5.74) is 0.671. The maximum atomic E-state index is 12.1. The number of pyridine rings is 1. The third kappa shape index (κ3) is 2.40. The van der Waals surface area contributed by atoms with Crippen LogP contribution in [0.3, 0.4) is 0 Å². The predicted octanol–water partition coefficient (Wildman–Crippen LogP) is 2.85. The smallest absolute Gasteiger partial charge is 0.166 e. The first-order valence-corrected chi connectivity index (χ1v) is 5.82. The summed E-state index contributed by atoms with van der Waals surface area (Å²) in [5, 5.41) is 0. The standard InChI is InChI=1S/C13H17NO2/c1-16-13-9-14-7-6-11(13)12(15)8-10-4-2-3-5-10/h6-7,9-10H,2-5,8H2,1H3. The number of carbonyl (C=O) groups excluding carboxylic acids is 1. The van der Waals surface area contributed by atoms with Gasteiger partial charge in [-0.2, -0.15) is 0 Å². The van der Waals surface area contributed by atoms with Crippen LogP contribution in [-0.2, 0) is 0 Å². The summed E-state index contributed by atoms with van der Waals surface area (Å²) in [6, 6.07) is 1.75. The van der Waals surface area contributed by atoms with Crippen LogP contribution in [0, 0.1) is 5.92 Å². The van der Waals surface area contributed by atoms with E-state index in [1.165, 1.54) is 25.7 Å². The van der Waals surface area contributed by atoms with E-state index in [-0.39, 0.29) is 5.78 Å². The molecular weight excluding hydrogens is 202 g/mol. The van der Waals surface area contributed by atoms with Gasteiger partial charge in [-0.1, -0.05) is 25.7 Å². The number of hydrogen-bond acceptors (Lipinski definition) is 3. The Kier molecular flexibility index (Phi) is 3.54. The van der Waals surface area contributed by atoms with E-state index in [1.807, 2.05) is 0 Å². The molecule has 3 heteroatoms. The van der Waals surface area contributed by atoms with Crippen molar-refractivity contribution in [1.29, 1.82) is 0 Å². The Morgan fingerprint density at radius 1 is 1.50 bits per heavy atom. The van der Waals surface area contributed by atoms with E-state index in [2.05, 4.69) is 4.98 Å². The maximum absolute atomic E-state index is 12.1. The average Bonchev–Trinajstić information content (AvgIpc) is 2.81. The molecule has 0 aliphatic heterocycles. The zero-order chi connectivity index (χ0) is 11.4. The summed E-state index contributed by atoms with van der Waals surface area (Å²) in [6.07, 6.45) is 8.82. The van der Waals surface area contributed by atoms with Gasteiger partial charge in [0.1, 0.15) is 5.75 Å². The number of methoxy groups -OCH3 is 1. The molecule has 3 nitrogen and oxygen atoms in total. The Hall–Kier alpha value is -1.38. The van der Waals surface area contributed by atoms with Gasteiger partial charge in [-0.25, -0.2) is 0 Å². The molecule has 0 aromatic carbocycles. The number of ether oxygens (including phenoxy) is 1. The van der Waals surface area contributed by atoms with Crippen molar-refractivity contribution in [2.24, 2.45) is 5.92 Å². The molecule has 1 aliphatic carbocycles. The molecule has 0 amide bonds. The van der Waals surface area contributed by atoms with Crippen LogP contribution in [0.4, 0.5) is 0 Å². The Morgan fingerprint density at radius 2 is 2.25 bits per heavy atom. The molecule has 2 rings (SSSR count). The van der Waals surface area contributed by atoms with Gasteiger partial charge in [0.15, 0.2) is 5.78 Å². The number of rotatable bonds is 4. The lowest BCUT2D eigenvalue weighted by Gasteiger charge is -2.10. The van der Waals surface area contributed by atoms with Gasteiger partial charge in [0, 0.05) is 12.6 Å². The number of aromatic nitrogens is 1. The molecule has 1 saturated carbocycles. The van der Waals surface area contributed by atoms with Crippen LogP contribution in [0.1, 0.15) is 42.5 Å². The molecule has 0 spiro atoms. The van der Waals surface area contributed by atoms with Gasteiger partial charge >= 0.3 is 0 Å². The minimum Gasteiger partial charge on any atom is -0.494 e. The quantitative estimate of drug-likeness (QED) is 0.731. The second kappa shape index (κ2) is 5.10. The molecule has 0 radical (unpaired) electrons. The molecule has 0 bridgehead atoms. The first kappa shape index (κ1) is 11.1. The van der Waals surface area contributed by atoms with Crippen molar-refractivity contribution in [2.45, 2.75) is 32.1 Å². The SMILES string of the molecule is COc1cnccc1C(=O)CC1CCCC1. The predicted molar refractivity (Wildman–Crippen MR) is 61.7 cm³/mol. The van der Waals surface area contributed by atoms with Gasteiger partial charge in [-0.3, -0.25) is 9.78 Å². The van der Waals surface area contributed by atoms with Crippen molar-refractivity contribution in [3.8, 4) is 5.75 Å². The van der Waals surface area contributed by atoms with E-state index in [4.69, 9.17) is 4.74 Å². The number of hydrogen-bond donors (Lipinski definition) is 0. The molecule has 0 unspecified atom stereocenters. The summed E-state index contributed by atoms with van der Waals surface area (Å²) in [6.45, 7) is 0.